The topological polar surface area (TPSA) is 52.5 Å². The Balaban J connectivity index is 0.000000127. The van der Waals surface area contributed by atoms with Crippen LogP contribution < -0.4 is 10.8 Å². The first-order valence-electron chi connectivity index (χ1n) is 27.0. The van der Waals surface area contributed by atoms with Gasteiger partial charge in [0.05, 0.1) is 0 Å². The van der Waals surface area contributed by atoms with Gasteiger partial charge in [0.1, 0.15) is 0 Å². The molecule has 14 rings (SSSR count). The lowest BCUT2D eigenvalue weighted by atomic mass is 9.75. The monoisotopic (exact) mass is 1140 g/mol. The molecule has 0 aliphatic heterocycles. The molecule has 0 bridgehead atoms. The van der Waals surface area contributed by atoms with Crippen molar-refractivity contribution in [3.8, 4) is 66.8 Å². The summed E-state index contributed by atoms with van der Waals surface area (Å²) in [4.78, 5) is 0. The van der Waals surface area contributed by atoms with E-state index < -0.39 is 7.12 Å². The quantitative estimate of drug-likeness (QED) is 0.151. The number of rotatable bonds is 5. The van der Waals surface area contributed by atoms with E-state index in [1.807, 2.05) is 18.2 Å². The predicted octanol–water partition coefficient (Wildman–Crippen LogP) is 18.6. The largest absolute Gasteiger partial charge is 0.488 e. The van der Waals surface area contributed by atoms with Crippen molar-refractivity contribution in [3.05, 3.63) is 266 Å². The first-order chi connectivity index (χ1) is 37.3. The summed E-state index contributed by atoms with van der Waals surface area (Å²) in [6.45, 7) is 18.3. The normalized spacial score (nSPS) is 15.1. The molecule has 10 aromatic rings. The van der Waals surface area contributed by atoms with Crippen LogP contribution in [0.15, 0.2) is 221 Å². The maximum Gasteiger partial charge on any atom is 0.488 e. The third-order valence-electron chi connectivity index (χ3n) is 17.4. The molecule has 0 amide bonds. The maximum absolute atomic E-state index is 9.33. The molecule has 6 heteroatoms. The number of anilines is 2. The molecular formula is C72H62BBr2NO2. The summed E-state index contributed by atoms with van der Waals surface area (Å²) >= 11 is 7.13. The van der Waals surface area contributed by atoms with Crippen LogP contribution in [0.1, 0.15) is 99.9 Å². The highest BCUT2D eigenvalue weighted by atomic mass is 79.9. The molecule has 0 aromatic heterocycles. The molecule has 4 aliphatic rings. The third-order valence-corrected chi connectivity index (χ3v) is 18.3. The van der Waals surface area contributed by atoms with Gasteiger partial charge in [0, 0.05) is 42.0 Å². The molecule has 0 spiro atoms. The van der Waals surface area contributed by atoms with Crippen molar-refractivity contribution in [2.45, 2.75) is 77.0 Å². The number of nitrogens with one attached hydrogen (secondary N) is 1. The second kappa shape index (κ2) is 19.4. The Morgan fingerprint density at radius 2 is 0.615 bits per heavy atom. The fourth-order valence-corrected chi connectivity index (χ4v) is 13.7. The van der Waals surface area contributed by atoms with E-state index in [0.29, 0.717) is 5.46 Å². The van der Waals surface area contributed by atoms with Crippen LogP contribution >= 0.6 is 31.9 Å². The van der Waals surface area contributed by atoms with E-state index in [-0.39, 0.29) is 21.7 Å². The van der Waals surface area contributed by atoms with Gasteiger partial charge in [-0.2, -0.15) is 0 Å². The third kappa shape index (κ3) is 8.73. The lowest BCUT2D eigenvalue weighted by molar-refractivity contribution is 0.425. The lowest BCUT2D eigenvalue weighted by Gasteiger charge is -2.23. The molecule has 78 heavy (non-hydrogen) atoms. The number of hydrogen-bond acceptors (Lipinski definition) is 3. The van der Waals surface area contributed by atoms with Crippen molar-refractivity contribution < 1.29 is 10.0 Å². The van der Waals surface area contributed by atoms with E-state index in [0.717, 1.165) is 25.9 Å². The SMILES string of the molecule is CC1(C)c2cc(Br)ccc2-c2ccc(-c3ccccc3)cc21.CC1(C)c2cc(Br)ccc2-c2ccc(B(O)O)cc21.CC1(C)c2ccccc2-c2ccc(Nc3ccc4c(c3)C(C)(C)c3cc(-c5ccccc5)ccc3-4)cc21. The number of halogens is 2. The molecule has 3 N–H and O–H groups in total. The van der Waals surface area contributed by atoms with Gasteiger partial charge >= 0.3 is 7.12 Å². The van der Waals surface area contributed by atoms with E-state index in [2.05, 4.69) is 281 Å². The van der Waals surface area contributed by atoms with E-state index in [1.165, 1.54) is 106 Å². The highest BCUT2D eigenvalue weighted by Crippen LogP contribution is 2.54. The van der Waals surface area contributed by atoms with Crippen molar-refractivity contribution >= 4 is 55.8 Å². The van der Waals surface area contributed by atoms with Crippen molar-refractivity contribution in [1.82, 2.24) is 0 Å². The van der Waals surface area contributed by atoms with Crippen LogP contribution in [0.2, 0.25) is 0 Å². The fraction of sp³-hybridized carbons (Fsp3) is 0.167. The second-order valence-corrected chi connectivity index (χ2v) is 25.3. The standard InChI is InChI=1S/C36H31N.C21H17Br.C15H14BBrO2/c1-35(2)31-13-9-8-12-27(31)29-18-15-25(21-33(29)35)37-26-16-19-30-28-17-14-24(23-10-6-5-7-11-23)20-32(28)36(3,4)34(30)22-26;1-21(2)19-12-15(14-6-4-3-5-7-14)8-10-17(19)18-11-9-16(22)13-20(18)21;1-15(2)13-7-9(16(18)19)3-5-11(13)12-6-4-10(17)8-14(12)15/h5-22,37H,1-4H3;3-13H,1-2H3;3-8,18-19H,1-2H3. The van der Waals surface area contributed by atoms with Gasteiger partial charge in [0.2, 0.25) is 0 Å². The predicted molar refractivity (Wildman–Crippen MR) is 335 cm³/mol. The Labute approximate surface area is 477 Å². The van der Waals surface area contributed by atoms with Crippen LogP contribution in [0.5, 0.6) is 0 Å². The maximum atomic E-state index is 9.33. The van der Waals surface area contributed by atoms with Gasteiger partial charge in [-0.3, -0.25) is 0 Å². The fourth-order valence-electron chi connectivity index (χ4n) is 13.0. The highest BCUT2D eigenvalue weighted by molar-refractivity contribution is 9.10. The van der Waals surface area contributed by atoms with Crippen LogP contribution in [0.4, 0.5) is 11.4 Å². The molecule has 0 saturated carbocycles. The Morgan fingerprint density at radius 3 is 1.05 bits per heavy atom. The summed E-state index contributed by atoms with van der Waals surface area (Å²) in [6.07, 6.45) is 0. The number of benzene rings is 10. The zero-order valence-electron chi connectivity index (χ0n) is 45.4. The minimum Gasteiger partial charge on any atom is -0.423 e. The van der Waals surface area contributed by atoms with E-state index >= 15 is 0 Å². The van der Waals surface area contributed by atoms with Gasteiger partial charge in [-0.05, 0) is 177 Å². The molecule has 4 aliphatic carbocycles. The average molecular weight is 1140 g/mol. The van der Waals surface area contributed by atoms with Crippen LogP contribution in [-0.4, -0.2) is 17.2 Å². The summed E-state index contributed by atoms with van der Waals surface area (Å²) in [7, 11) is -1.42. The van der Waals surface area contributed by atoms with Crippen LogP contribution in [0.3, 0.4) is 0 Å². The molecule has 3 nitrogen and oxygen atoms in total. The highest BCUT2D eigenvalue weighted by Gasteiger charge is 2.39. The first kappa shape index (κ1) is 51.7. The van der Waals surface area contributed by atoms with E-state index in [1.54, 1.807) is 6.07 Å². The lowest BCUT2D eigenvalue weighted by Crippen LogP contribution is -2.31. The van der Waals surface area contributed by atoms with Gasteiger partial charge in [-0.1, -0.05) is 239 Å². The van der Waals surface area contributed by atoms with Gasteiger partial charge < -0.3 is 15.4 Å². The average Bonchev–Trinajstić information content (AvgIpc) is 4.24. The Hall–Kier alpha value is -7.06. The molecule has 384 valence electrons. The Bertz CT molecular complexity index is 4010. The molecule has 10 aromatic carbocycles. The molecular weight excluding hydrogens is 1080 g/mol. The zero-order valence-corrected chi connectivity index (χ0v) is 48.6. The van der Waals surface area contributed by atoms with Crippen molar-refractivity contribution in [1.29, 1.82) is 0 Å². The number of fused-ring (bicyclic) bond motifs is 12. The minimum atomic E-state index is -1.42. The van der Waals surface area contributed by atoms with E-state index in [9.17, 15) is 10.0 Å². The summed E-state index contributed by atoms with van der Waals surface area (Å²) in [5.74, 6) is 0. The van der Waals surface area contributed by atoms with Crippen LogP contribution in [0.25, 0.3) is 66.8 Å². The van der Waals surface area contributed by atoms with Gasteiger partial charge in [-0.15, -0.1) is 0 Å². The van der Waals surface area contributed by atoms with Crippen LogP contribution in [-0.2, 0) is 21.7 Å². The molecule has 0 fully saturated rings. The Morgan fingerprint density at radius 1 is 0.295 bits per heavy atom. The second-order valence-electron chi connectivity index (χ2n) is 23.5. The first-order valence-corrected chi connectivity index (χ1v) is 28.6. The Kier molecular flexibility index (Phi) is 12.8. The molecule has 0 unspecified atom stereocenters. The smallest absolute Gasteiger partial charge is 0.423 e. The molecule has 0 saturated heterocycles. The molecule has 0 heterocycles. The zero-order chi connectivity index (χ0) is 54.5. The van der Waals surface area contributed by atoms with Crippen molar-refractivity contribution in [2.75, 3.05) is 5.32 Å². The minimum absolute atomic E-state index is 0.00163. The van der Waals surface area contributed by atoms with E-state index in [4.69, 9.17) is 0 Å². The summed E-state index contributed by atoms with van der Waals surface area (Å²) < 4.78 is 2.21. The summed E-state index contributed by atoms with van der Waals surface area (Å²) in [5.41, 5.74) is 29.1. The van der Waals surface area contributed by atoms with Crippen molar-refractivity contribution in [3.63, 3.8) is 0 Å². The molecule has 0 radical (unpaired) electrons. The summed E-state index contributed by atoms with van der Waals surface area (Å²) in [5, 5.41) is 22.4. The van der Waals surface area contributed by atoms with Crippen LogP contribution in [0, 0.1) is 0 Å². The van der Waals surface area contributed by atoms with Gasteiger partial charge in [0.15, 0.2) is 0 Å². The van der Waals surface area contributed by atoms with Crippen molar-refractivity contribution in [2.24, 2.45) is 0 Å². The number of hydrogen-bond donors (Lipinski definition) is 3. The summed E-state index contributed by atoms with van der Waals surface area (Å²) in [6, 6.07) is 76.2. The van der Waals surface area contributed by atoms with Gasteiger partial charge in [0.25, 0.3) is 0 Å². The molecule has 0 atom stereocenters. The van der Waals surface area contributed by atoms with Gasteiger partial charge in [-0.25, -0.2) is 0 Å².